The Morgan fingerprint density at radius 1 is 1.25 bits per heavy atom. The SMILES string of the molecule is Cc1cc(Br)c2c(c1O)C(=O)C1=C(O)[C@]3(O)C(=O)C(C(N)=O)=C(O)[C@@H](N(C)C)[C@@H]3C[C@@H]1C2. The van der Waals surface area contributed by atoms with Gasteiger partial charge in [-0.3, -0.25) is 19.3 Å². The number of carbonyl (C=O) groups excluding carboxylic acids is 3. The zero-order valence-electron chi connectivity index (χ0n) is 17.6. The molecule has 10 heteroatoms. The van der Waals surface area contributed by atoms with Crippen molar-refractivity contribution in [1.82, 2.24) is 4.90 Å². The molecule has 0 radical (unpaired) electrons. The number of ketones is 2. The van der Waals surface area contributed by atoms with Crippen LogP contribution in [0.3, 0.4) is 0 Å². The van der Waals surface area contributed by atoms with Crippen molar-refractivity contribution in [2.24, 2.45) is 17.6 Å². The van der Waals surface area contributed by atoms with Crippen molar-refractivity contribution in [3.05, 3.63) is 49.9 Å². The van der Waals surface area contributed by atoms with Crippen LogP contribution in [-0.4, -0.2) is 68.5 Å². The second-order valence-corrected chi connectivity index (χ2v) is 9.69. The highest BCUT2D eigenvalue weighted by molar-refractivity contribution is 9.10. The van der Waals surface area contributed by atoms with Crippen molar-refractivity contribution in [2.45, 2.75) is 31.4 Å². The molecule has 6 N–H and O–H groups in total. The molecule has 0 bridgehead atoms. The van der Waals surface area contributed by atoms with Gasteiger partial charge in [0, 0.05) is 16.0 Å². The number of halogens is 1. The Balaban J connectivity index is 1.99. The molecule has 0 spiro atoms. The number of phenolic OH excluding ortho intramolecular Hbond substituents is 1. The first-order valence-corrected chi connectivity index (χ1v) is 10.8. The largest absolute Gasteiger partial charge is 0.510 e. The van der Waals surface area contributed by atoms with E-state index in [2.05, 4.69) is 15.9 Å². The van der Waals surface area contributed by atoms with Crippen LogP contribution in [0.2, 0.25) is 0 Å². The summed E-state index contributed by atoms with van der Waals surface area (Å²) in [6.07, 6.45) is 0.315. The van der Waals surface area contributed by atoms with Gasteiger partial charge in [0.05, 0.1) is 11.6 Å². The molecule has 0 heterocycles. The Kier molecular flexibility index (Phi) is 5.03. The third-order valence-corrected chi connectivity index (χ3v) is 7.57. The van der Waals surface area contributed by atoms with Crippen LogP contribution in [0.15, 0.2) is 33.2 Å². The highest BCUT2D eigenvalue weighted by Crippen LogP contribution is 2.53. The number of benzene rings is 1. The van der Waals surface area contributed by atoms with Gasteiger partial charge in [0.2, 0.25) is 5.78 Å². The number of aryl methyl sites for hydroxylation is 1. The minimum absolute atomic E-state index is 0.00217. The lowest BCUT2D eigenvalue weighted by molar-refractivity contribution is -0.148. The van der Waals surface area contributed by atoms with E-state index in [1.54, 1.807) is 27.1 Å². The maximum absolute atomic E-state index is 13.4. The van der Waals surface area contributed by atoms with E-state index in [1.165, 1.54) is 4.90 Å². The Labute approximate surface area is 192 Å². The number of fused-ring (bicyclic) bond motifs is 3. The molecule has 0 aromatic heterocycles. The Bertz CT molecular complexity index is 1170. The Hall–Kier alpha value is -2.69. The van der Waals surface area contributed by atoms with Gasteiger partial charge in [0.15, 0.2) is 11.4 Å². The number of aliphatic hydroxyl groups excluding tert-OH is 2. The third kappa shape index (κ3) is 2.72. The summed E-state index contributed by atoms with van der Waals surface area (Å²) in [5.74, 6) is -6.50. The Morgan fingerprint density at radius 2 is 1.88 bits per heavy atom. The van der Waals surface area contributed by atoms with Gasteiger partial charge in [-0.2, -0.15) is 0 Å². The van der Waals surface area contributed by atoms with Crippen LogP contribution in [-0.2, 0) is 16.0 Å². The molecule has 0 saturated heterocycles. The van der Waals surface area contributed by atoms with Gasteiger partial charge in [-0.05, 0) is 57.0 Å². The molecule has 4 atom stereocenters. The Morgan fingerprint density at radius 3 is 2.44 bits per heavy atom. The average molecular weight is 507 g/mol. The quantitative estimate of drug-likeness (QED) is 0.373. The molecule has 1 amide bonds. The zero-order chi connectivity index (χ0) is 23.9. The number of likely N-dealkylation sites (N-methyl/N-ethyl adjacent to an activating group) is 1. The fraction of sp³-hybridized carbons (Fsp3) is 0.409. The maximum atomic E-state index is 13.4. The van der Waals surface area contributed by atoms with Crippen LogP contribution in [0, 0.1) is 18.8 Å². The molecule has 9 nitrogen and oxygen atoms in total. The number of nitrogens with two attached hydrogens (primary N) is 1. The number of phenols is 1. The van der Waals surface area contributed by atoms with E-state index in [9.17, 15) is 34.8 Å². The van der Waals surface area contributed by atoms with Crippen molar-refractivity contribution in [3.63, 3.8) is 0 Å². The van der Waals surface area contributed by atoms with Crippen LogP contribution in [0.1, 0.15) is 27.9 Å². The van der Waals surface area contributed by atoms with Gasteiger partial charge in [-0.25, -0.2) is 0 Å². The standard InChI is InChI=1S/C22H23BrN2O7/c1-7-4-11(23)9-5-8-6-10-15(25(2)3)18(28)14(21(24)31)20(30)22(10,32)19(29)12(8)17(27)13(9)16(7)26/h4,8,10,15,26,28-29,32H,5-6H2,1-3H3,(H2,24,31)/t8-,10-,15-,22-/m0/s1. The molecule has 3 aliphatic rings. The summed E-state index contributed by atoms with van der Waals surface area (Å²) in [6, 6.07) is 0.686. The average Bonchev–Trinajstić information content (AvgIpc) is 2.68. The molecule has 3 aliphatic carbocycles. The number of Topliss-reactive ketones (excluding diaryl/α,β-unsaturated/α-hetero) is 2. The number of hydrogen-bond acceptors (Lipinski definition) is 8. The number of rotatable bonds is 2. The predicted octanol–water partition coefficient (Wildman–Crippen LogP) is 1.19. The van der Waals surface area contributed by atoms with Gasteiger partial charge in [-0.1, -0.05) is 15.9 Å². The van der Waals surface area contributed by atoms with Crippen LogP contribution >= 0.6 is 15.9 Å². The summed E-state index contributed by atoms with van der Waals surface area (Å²) in [5, 5.41) is 43.9. The maximum Gasteiger partial charge on any atom is 0.255 e. The number of amides is 1. The smallest absolute Gasteiger partial charge is 0.255 e. The van der Waals surface area contributed by atoms with Crippen LogP contribution in [0.25, 0.3) is 0 Å². The van der Waals surface area contributed by atoms with Crippen molar-refractivity contribution >= 4 is 33.4 Å². The number of primary amides is 1. The molecule has 32 heavy (non-hydrogen) atoms. The van der Waals surface area contributed by atoms with Crippen molar-refractivity contribution in [3.8, 4) is 5.75 Å². The minimum Gasteiger partial charge on any atom is -0.510 e. The van der Waals surface area contributed by atoms with Gasteiger partial charge in [0.1, 0.15) is 22.8 Å². The minimum atomic E-state index is -2.62. The van der Waals surface area contributed by atoms with E-state index in [0.29, 0.717) is 15.6 Å². The normalized spacial score (nSPS) is 29.8. The lowest BCUT2D eigenvalue weighted by atomic mass is 9.58. The number of hydrogen-bond donors (Lipinski definition) is 5. The molecule has 4 rings (SSSR count). The first-order chi connectivity index (χ1) is 14.8. The third-order valence-electron chi connectivity index (χ3n) is 6.86. The van der Waals surface area contributed by atoms with E-state index < -0.39 is 58.0 Å². The number of allylic oxidation sites excluding steroid dienone is 1. The van der Waals surface area contributed by atoms with Gasteiger partial charge in [0.25, 0.3) is 5.91 Å². The van der Waals surface area contributed by atoms with E-state index in [4.69, 9.17) is 5.73 Å². The van der Waals surface area contributed by atoms with Gasteiger partial charge in [-0.15, -0.1) is 0 Å². The van der Waals surface area contributed by atoms with Gasteiger partial charge >= 0.3 is 0 Å². The molecular formula is C22H23BrN2O7. The van der Waals surface area contributed by atoms with Crippen LogP contribution in [0.4, 0.5) is 0 Å². The number of nitrogens with zero attached hydrogens (tertiary/aromatic N) is 1. The van der Waals surface area contributed by atoms with Crippen molar-refractivity contribution < 1.29 is 34.8 Å². The molecular weight excluding hydrogens is 484 g/mol. The molecule has 0 fully saturated rings. The van der Waals surface area contributed by atoms with Crippen molar-refractivity contribution in [2.75, 3.05) is 14.1 Å². The number of aromatic hydroxyl groups is 1. The predicted molar refractivity (Wildman–Crippen MR) is 116 cm³/mol. The first kappa shape index (κ1) is 22.5. The summed E-state index contributed by atoms with van der Waals surface area (Å²) < 4.78 is 0.623. The summed E-state index contributed by atoms with van der Waals surface area (Å²) in [4.78, 5) is 40.0. The lowest BCUT2D eigenvalue weighted by Gasteiger charge is -2.50. The molecule has 0 unspecified atom stereocenters. The number of carbonyl (C=O) groups is 3. The molecule has 1 aromatic carbocycles. The number of aliphatic hydroxyl groups is 3. The fourth-order valence-electron chi connectivity index (χ4n) is 5.40. The summed E-state index contributed by atoms with van der Waals surface area (Å²) in [5.41, 5.74) is 2.69. The molecule has 0 saturated carbocycles. The van der Waals surface area contributed by atoms with E-state index in [1.807, 2.05) is 0 Å². The van der Waals surface area contributed by atoms with E-state index in [0.717, 1.165) is 0 Å². The van der Waals surface area contributed by atoms with E-state index >= 15 is 0 Å². The van der Waals surface area contributed by atoms with Crippen LogP contribution < -0.4 is 5.73 Å². The topological polar surface area (TPSA) is 161 Å². The summed E-state index contributed by atoms with van der Waals surface area (Å²) >= 11 is 3.43. The zero-order valence-corrected chi connectivity index (χ0v) is 19.2. The van der Waals surface area contributed by atoms with Gasteiger partial charge < -0.3 is 26.2 Å². The summed E-state index contributed by atoms with van der Waals surface area (Å²) in [7, 11) is 3.18. The first-order valence-electron chi connectivity index (χ1n) is 9.99. The molecule has 0 aliphatic heterocycles. The molecule has 1 aromatic rings. The summed E-state index contributed by atoms with van der Waals surface area (Å²) in [6.45, 7) is 1.62. The second kappa shape index (κ2) is 7.16. The van der Waals surface area contributed by atoms with Crippen molar-refractivity contribution in [1.29, 1.82) is 0 Å². The van der Waals surface area contributed by atoms with Crippen LogP contribution in [0.5, 0.6) is 5.75 Å². The highest BCUT2D eigenvalue weighted by atomic mass is 79.9. The second-order valence-electron chi connectivity index (χ2n) is 8.84. The monoisotopic (exact) mass is 506 g/mol. The highest BCUT2D eigenvalue weighted by Gasteiger charge is 2.63. The van der Waals surface area contributed by atoms with E-state index in [-0.39, 0.29) is 29.7 Å². The fourth-order valence-corrected chi connectivity index (χ4v) is 6.10. The molecule has 170 valence electrons. The lowest BCUT2D eigenvalue weighted by Crippen LogP contribution is -2.63.